The second-order valence-electron chi connectivity index (χ2n) is 8.63. The summed E-state index contributed by atoms with van der Waals surface area (Å²) in [7, 11) is 0. The maximum absolute atomic E-state index is 14.1. The molecule has 2 fully saturated rings. The van der Waals surface area contributed by atoms with Gasteiger partial charge in [-0.05, 0) is 35.9 Å². The van der Waals surface area contributed by atoms with Crippen LogP contribution in [0.1, 0.15) is 11.1 Å². The molecule has 3 aliphatic rings. The third-order valence-electron chi connectivity index (χ3n) is 6.85. The molecule has 3 amide bonds. The van der Waals surface area contributed by atoms with Crippen molar-refractivity contribution in [2.24, 2.45) is 11.8 Å². The number of fused-ring (bicyclic) bond motifs is 4. The van der Waals surface area contributed by atoms with Crippen LogP contribution in [0, 0.1) is 17.7 Å². The molecule has 3 aromatic carbocycles. The molecule has 0 bridgehead atoms. The zero-order valence-corrected chi connectivity index (χ0v) is 18.6. The van der Waals surface area contributed by atoms with Crippen LogP contribution in [-0.4, -0.2) is 22.7 Å². The number of carbonyl (C=O) groups excluding carboxylic acids is 3. The lowest BCUT2D eigenvalue weighted by Crippen LogP contribution is -2.54. The minimum absolute atomic E-state index is 0.165. The van der Waals surface area contributed by atoms with Crippen molar-refractivity contribution in [3.8, 4) is 0 Å². The summed E-state index contributed by atoms with van der Waals surface area (Å²) in [4.78, 5) is 44.1. The fraction of sp³-hybridized carbons (Fsp3) is 0.154. The standard InChI is InChI=1S/C26H18FN3O3S/c27-16-10-12-17(13-11-16)30-23(31)20-21(24(30)32)26(28-22(20)34)18-8-4-5-9-19(18)29(25(26)33)14-15-6-2-1-3-7-15/h1-13,20-21H,14H2,(H,28,34)/t20-,21-,26+/m0/s1. The van der Waals surface area contributed by atoms with E-state index in [0.29, 0.717) is 17.8 Å². The van der Waals surface area contributed by atoms with E-state index in [4.69, 9.17) is 12.2 Å². The predicted octanol–water partition coefficient (Wildman–Crippen LogP) is 3.30. The molecule has 0 saturated carbocycles. The highest BCUT2D eigenvalue weighted by Gasteiger charge is 2.71. The first-order chi connectivity index (χ1) is 16.4. The summed E-state index contributed by atoms with van der Waals surface area (Å²) < 4.78 is 13.5. The largest absolute Gasteiger partial charge is 0.361 e. The topological polar surface area (TPSA) is 69.7 Å². The number of hydrogen-bond donors (Lipinski definition) is 1. The van der Waals surface area contributed by atoms with Crippen LogP contribution in [0.15, 0.2) is 78.9 Å². The van der Waals surface area contributed by atoms with Crippen LogP contribution in [0.25, 0.3) is 0 Å². The number of imide groups is 1. The Bertz CT molecular complexity index is 1380. The van der Waals surface area contributed by atoms with E-state index in [0.717, 1.165) is 10.5 Å². The number of carbonyl (C=O) groups is 3. The molecule has 8 heteroatoms. The van der Waals surface area contributed by atoms with E-state index in [1.165, 1.54) is 24.3 Å². The van der Waals surface area contributed by atoms with Crippen molar-refractivity contribution in [1.82, 2.24) is 5.32 Å². The number of halogens is 1. The van der Waals surface area contributed by atoms with Gasteiger partial charge in [0.25, 0.3) is 5.91 Å². The zero-order chi connectivity index (χ0) is 23.6. The van der Waals surface area contributed by atoms with Crippen LogP contribution in [-0.2, 0) is 26.5 Å². The molecule has 1 spiro atoms. The van der Waals surface area contributed by atoms with Gasteiger partial charge < -0.3 is 10.2 Å². The highest BCUT2D eigenvalue weighted by molar-refractivity contribution is 7.80. The summed E-state index contributed by atoms with van der Waals surface area (Å²) in [5.74, 6) is -3.85. The molecule has 0 aliphatic carbocycles. The molecule has 0 radical (unpaired) electrons. The second kappa shape index (κ2) is 7.30. The number of anilines is 2. The monoisotopic (exact) mass is 471 g/mol. The van der Waals surface area contributed by atoms with E-state index in [9.17, 15) is 18.8 Å². The quantitative estimate of drug-likeness (QED) is 0.469. The first-order valence-corrected chi connectivity index (χ1v) is 11.2. The van der Waals surface area contributed by atoms with Gasteiger partial charge in [-0.2, -0.15) is 0 Å². The van der Waals surface area contributed by atoms with E-state index < -0.39 is 35.0 Å². The highest BCUT2D eigenvalue weighted by atomic mass is 32.1. The molecule has 3 aromatic rings. The van der Waals surface area contributed by atoms with Crippen LogP contribution < -0.4 is 15.1 Å². The van der Waals surface area contributed by atoms with Gasteiger partial charge >= 0.3 is 0 Å². The van der Waals surface area contributed by atoms with Crippen molar-refractivity contribution in [2.75, 3.05) is 9.80 Å². The number of amides is 3. The third-order valence-corrected chi connectivity index (χ3v) is 7.20. The average molecular weight is 472 g/mol. The van der Waals surface area contributed by atoms with Gasteiger partial charge in [0.1, 0.15) is 11.7 Å². The van der Waals surface area contributed by atoms with Crippen molar-refractivity contribution >= 4 is 46.3 Å². The molecule has 3 aliphatic heterocycles. The molecule has 2 saturated heterocycles. The number of nitrogens with zero attached hydrogens (tertiary/aromatic N) is 2. The Labute approximate surface area is 200 Å². The van der Waals surface area contributed by atoms with Crippen molar-refractivity contribution in [1.29, 1.82) is 0 Å². The lowest BCUT2D eigenvalue weighted by molar-refractivity contribution is -0.132. The maximum atomic E-state index is 14.1. The van der Waals surface area contributed by atoms with Gasteiger partial charge in [0.2, 0.25) is 11.8 Å². The van der Waals surface area contributed by atoms with Gasteiger partial charge in [-0.1, -0.05) is 60.7 Å². The molecule has 0 unspecified atom stereocenters. The van der Waals surface area contributed by atoms with Crippen LogP contribution in [0.4, 0.5) is 15.8 Å². The number of rotatable bonds is 3. The Hall–Kier alpha value is -3.91. The molecular formula is C26H18FN3O3S. The van der Waals surface area contributed by atoms with E-state index >= 15 is 0 Å². The van der Waals surface area contributed by atoms with Crippen molar-refractivity contribution in [3.05, 3.63) is 95.8 Å². The van der Waals surface area contributed by atoms with Crippen LogP contribution in [0.3, 0.4) is 0 Å². The normalized spacial score (nSPS) is 25.2. The minimum Gasteiger partial charge on any atom is -0.361 e. The highest BCUT2D eigenvalue weighted by Crippen LogP contribution is 2.54. The fourth-order valence-electron chi connectivity index (χ4n) is 5.39. The van der Waals surface area contributed by atoms with Gasteiger partial charge in [0, 0.05) is 5.56 Å². The summed E-state index contributed by atoms with van der Waals surface area (Å²) in [5.41, 5.74) is 1.00. The first-order valence-electron chi connectivity index (χ1n) is 10.8. The van der Waals surface area contributed by atoms with Gasteiger partial charge in [-0.3, -0.25) is 14.4 Å². The molecule has 3 heterocycles. The molecule has 1 N–H and O–H groups in total. The lowest BCUT2D eigenvalue weighted by Gasteiger charge is -2.29. The van der Waals surface area contributed by atoms with Crippen LogP contribution in [0.2, 0.25) is 0 Å². The maximum Gasteiger partial charge on any atom is 0.258 e. The fourth-order valence-corrected chi connectivity index (χ4v) is 5.79. The lowest BCUT2D eigenvalue weighted by atomic mass is 9.77. The molecule has 34 heavy (non-hydrogen) atoms. The first kappa shape index (κ1) is 20.7. The van der Waals surface area contributed by atoms with E-state index in [2.05, 4.69) is 5.32 Å². The molecular weight excluding hydrogens is 453 g/mol. The molecule has 6 rings (SSSR count). The summed E-state index contributed by atoms with van der Waals surface area (Å²) in [5, 5.41) is 3.11. The second-order valence-corrected chi connectivity index (χ2v) is 9.07. The van der Waals surface area contributed by atoms with Crippen molar-refractivity contribution in [2.45, 2.75) is 12.1 Å². The van der Waals surface area contributed by atoms with Crippen molar-refractivity contribution in [3.63, 3.8) is 0 Å². The number of nitrogens with one attached hydrogen (secondary N) is 1. The predicted molar refractivity (Wildman–Crippen MR) is 127 cm³/mol. The van der Waals surface area contributed by atoms with Crippen LogP contribution in [0.5, 0.6) is 0 Å². The smallest absolute Gasteiger partial charge is 0.258 e. The Balaban J connectivity index is 1.47. The Morgan fingerprint density at radius 2 is 1.56 bits per heavy atom. The summed E-state index contributed by atoms with van der Waals surface area (Å²) >= 11 is 5.53. The van der Waals surface area contributed by atoms with E-state index in [1.54, 1.807) is 17.0 Å². The van der Waals surface area contributed by atoms with Gasteiger partial charge in [-0.15, -0.1) is 0 Å². The van der Waals surface area contributed by atoms with Gasteiger partial charge in [0.15, 0.2) is 5.54 Å². The SMILES string of the molecule is O=C1[C@@H]2C(=S)N[C@@]3(C(=O)N(Cc4ccccc4)c4ccccc43)[C@@H]2C(=O)N1c1ccc(F)cc1. The number of hydrogen-bond acceptors (Lipinski definition) is 4. The average Bonchev–Trinajstić information content (AvgIpc) is 3.39. The summed E-state index contributed by atoms with van der Waals surface area (Å²) in [6, 6.07) is 22.0. The Kier molecular flexibility index (Phi) is 4.44. The minimum atomic E-state index is -1.48. The van der Waals surface area contributed by atoms with Crippen molar-refractivity contribution < 1.29 is 18.8 Å². The van der Waals surface area contributed by atoms with Gasteiger partial charge in [-0.25, -0.2) is 9.29 Å². The third kappa shape index (κ3) is 2.66. The summed E-state index contributed by atoms with van der Waals surface area (Å²) in [6.45, 7) is 0.314. The van der Waals surface area contributed by atoms with E-state index in [1.807, 2.05) is 42.5 Å². The van der Waals surface area contributed by atoms with Gasteiger partial charge in [0.05, 0.1) is 28.8 Å². The molecule has 3 atom stereocenters. The van der Waals surface area contributed by atoms with E-state index in [-0.39, 0.29) is 16.6 Å². The molecule has 6 nitrogen and oxygen atoms in total. The summed E-state index contributed by atoms with van der Waals surface area (Å²) in [6.07, 6.45) is 0. The Morgan fingerprint density at radius 3 is 2.29 bits per heavy atom. The Morgan fingerprint density at radius 1 is 0.882 bits per heavy atom. The number of thiocarbonyl (C=S) groups is 1. The van der Waals surface area contributed by atoms with Crippen LogP contribution >= 0.6 is 12.2 Å². The molecule has 168 valence electrons. The molecule has 0 aromatic heterocycles. The number of para-hydroxylation sites is 1. The number of benzene rings is 3. The zero-order valence-electron chi connectivity index (χ0n) is 17.8.